The predicted molar refractivity (Wildman–Crippen MR) is 180 cm³/mol. The molecule has 1 aliphatic rings. The van der Waals surface area contributed by atoms with Crippen molar-refractivity contribution in [3.8, 4) is 45.5 Å². The van der Waals surface area contributed by atoms with Gasteiger partial charge in [-0.15, -0.1) is 23.8 Å². The molecule has 228 valence electrons. The summed E-state index contributed by atoms with van der Waals surface area (Å²) in [4.78, 5) is 10.3. The van der Waals surface area contributed by atoms with E-state index in [4.69, 9.17) is 18.8 Å². The van der Waals surface area contributed by atoms with Crippen LogP contribution in [-0.2, 0) is 33.9 Å². The molecule has 1 N–H and O–H groups in total. The van der Waals surface area contributed by atoms with Gasteiger partial charge in [0.25, 0.3) is 0 Å². The standard InChI is InChI=1S/C40H24N3O3.Pt/c44-33-9-5-6-23-12-13-24-14-18-31(41-39(24)38(23)33)32-22-43(26-16-17-29-27-7-1-3-10-34(27)46-37(29)21-26)40(42-32)25-15-19-36-30(20-25)28-8-2-4-11-35(28)45-36;/h1-11,14,16-22,44H,12-13H2;/q-1;. The minimum atomic E-state index is 0. The van der Waals surface area contributed by atoms with Crippen molar-refractivity contribution in [2.75, 3.05) is 0 Å². The second-order valence-corrected chi connectivity index (χ2v) is 11.8. The van der Waals surface area contributed by atoms with E-state index in [1.807, 2.05) is 60.8 Å². The van der Waals surface area contributed by atoms with Crippen molar-refractivity contribution < 1.29 is 35.0 Å². The van der Waals surface area contributed by atoms with Crippen LogP contribution in [0.4, 0.5) is 0 Å². The molecule has 0 spiro atoms. The van der Waals surface area contributed by atoms with Crippen LogP contribution in [0.5, 0.6) is 5.75 Å². The monoisotopic (exact) mass is 789 g/mol. The van der Waals surface area contributed by atoms with Crippen molar-refractivity contribution in [1.29, 1.82) is 0 Å². The molecule has 9 aromatic rings. The zero-order chi connectivity index (χ0) is 30.4. The van der Waals surface area contributed by atoms with Gasteiger partial charge in [-0.1, -0.05) is 60.0 Å². The summed E-state index contributed by atoms with van der Waals surface area (Å²) in [7, 11) is 0. The van der Waals surface area contributed by atoms with E-state index in [-0.39, 0.29) is 26.8 Å². The van der Waals surface area contributed by atoms with Gasteiger partial charge < -0.3 is 18.5 Å². The summed E-state index contributed by atoms with van der Waals surface area (Å²) in [6, 6.07) is 39.7. The fourth-order valence-electron chi connectivity index (χ4n) is 6.94. The van der Waals surface area contributed by atoms with Crippen molar-refractivity contribution in [2.24, 2.45) is 0 Å². The van der Waals surface area contributed by atoms with E-state index in [9.17, 15) is 5.11 Å². The van der Waals surface area contributed by atoms with Crippen LogP contribution in [0.2, 0.25) is 0 Å². The van der Waals surface area contributed by atoms with Gasteiger partial charge in [0, 0.05) is 60.7 Å². The van der Waals surface area contributed by atoms with E-state index in [2.05, 4.69) is 59.2 Å². The summed E-state index contributed by atoms with van der Waals surface area (Å²) in [6.45, 7) is 0. The number of aromatic nitrogens is 3. The molecule has 4 aromatic heterocycles. The molecular formula is C40H24N3O3Pt-. The van der Waals surface area contributed by atoms with Gasteiger partial charge in [-0.05, 0) is 60.4 Å². The first-order valence-corrected chi connectivity index (χ1v) is 15.3. The zero-order valence-electron chi connectivity index (χ0n) is 24.8. The molecule has 4 heterocycles. The van der Waals surface area contributed by atoms with Crippen molar-refractivity contribution in [3.05, 3.63) is 133 Å². The number of benzene rings is 5. The number of fused-ring (bicyclic) bond motifs is 9. The molecule has 10 rings (SSSR count). The second kappa shape index (κ2) is 10.5. The van der Waals surface area contributed by atoms with E-state index in [0.29, 0.717) is 0 Å². The zero-order valence-corrected chi connectivity index (χ0v) is 27.1. The molecule has 0 saturated carbocycles. The van der Waals surface area contributed by atoms with Crippen molar-refractivity contribution in [2.45, 2.75) is 12.8 Å². The molecule has 1 aliphatic carbocycles. The number of para-hydroxylation sites is 2. The topological polar surface area (TPSA) is 77.2 Å². The third-order valence-electron chi connectivity index (χ3n) is 9.17. The second-order valence-electron chi connectivity index (χ2n) is 11.8. The average Bonchev–Trinajstić information content (AvgIpc) is 3.81. The molecule has 0 saturated heterocycles. The van der Waals surface area contributed by atoms with E-state index in [1.165, 1.54) is 0 Å². The van der Waals surface area contributed by atoms with Crippen molar-refractivity contribution in [3.63, 3.8) is 0 Å². The molecule has 7 heteroatoms. The molecule has 0 fully saturated rings. The third kappa shape index (κ3) is 4.29. The minimum absolute atomic E-state index is 0. The van der Waals surface area contributed by atoms with E-state index in [1.54, 1.807) is 6.07 Å². The summed E-state index contributed by atoms with van der Waals surface area (Å²) in [5.74, 6) is 0.976. The van der Waals surface area contributed by atoms with Crippen LogP contribution in [0.25, 0.3) is 83.6 Å². The molecule has 0 amide bonds. The first kappa shape index (κ1) is 27.8. The summed E-state index contributed by atoms with van der Waals surface area (Å²) in [5, 5.41) is 15.0. The van der Waals surface area contributed by atoms with E-state index < -0.39 is 0 Å². The molecule has 5 aromatic carbocycles. The predicted octanol–water partition coefficient (Wildman–Crippen LogP) is 9.67. The molecule has 47 heavy (non-hydrogen) atoms. The summed E-state index contributed by atoms with van der Waals surface area (Å²) in [5.41, 5.74) is 10.3. The number of aromatic hydroxyl groups is 1. The maximum Gasteiger partial charge on any atom is 0.137 e. The van der Waals surface area contributed by atoms with Gasteiger partial charge in [0.15, 0.2) is 0 Å². The van der Waals surface area contributed by atoms with Crippen LogP contribution in [0.3, 0.4) is 0 Å². The average molecular weight is 790 g/mol. The third-order valence-corrected chi connectivity index (χ3v) is 9.17. The summed E-state index contributed by atoms with van der Waals surface area (Å²) >= 11 is 0. The Hall–Kier alpha value is -5.45. The van der Waals surface area contributed by atoms with Crippen LogP contribution in [0.1, 0.15) is 11.1 Å². The van der Waals surface area contributed by atoms with Gasteiger partial charge in [-0.2, -0.15) is 0 Å². The number of phenols is 1. The number of nitrogens with zero attached hydrogens (tertiary/aromatic N) is 3. The van der Waals surface area contributed by atoms with Gasteiger partial charge in [-0.25, -0.2) is 4.98 Å². The Morgan fingerprint density at radius 1 is 0.638 bits per heavy atom. The fraction of sp³-hybridized carbons (Fsp3) is 0.0500. The SMILES string of the molecule is Oc1cccc2c1-c1nc(-c3cn(-c4ccc5c(c4)oc4ccccc45)c(-c4[c-]cc5oc6ccccc6c5c4)n3)ccc1CC2.[Pt]. The van der Waals surface area contributed by atoms with Crippen molar-refractivity contribution in [1.82, 2.24) is 14.5 Å². The van der Waals surface area contributed by atoms with Gasteiger partial charge in [0.05, 0.1) is 28.5 Å². The smallest absolute Gasteiger partial charge is 0.137 e. The number of aryl methyl sites for hydroxylation is 2. The van der Waals surface area contributed by atoms with Crippen LogP contribution < -0.4 is 0 Å². The first-order valence-electron chi connectivity index (χ1n) is 15.3. The molecule has 0 atom stereocenters. The minimum Gasteiger partial charge on any atom is -0.507 e. The fourth-order valence-corrected chi connectivity index (χ4v) is 6.94. The summed E-state index contributed by atoms with van der Waals surface area (Å²) in [6.07, 6.45) is 3.78. The molecule has 0 unspecified atom stereocenters. The molecule has 0 bridgehead atoms. The Morgan fingerprint density at radius 3 is 2.23 bits per heavy atom. The maximum atomic E-state index is 10.8. The maximum absolute atomic E-state index is 10.8. The van der Waals surface area contributed by atoms with Gasteiger partial charge in [0.2, 0.25) is 0 Å². The quantitative estimate of drug-likeness (QED) is 0.181. The Balaban J connectivity index is 0.00000302. The molecule has 0 aliphatic heterocycles. The Labute approximate surface area is 283 Å². The van der Waals surface area contributed by atoms with Crippen LogP contribution >= 0.6 is 0 Å². The van der Waals surface area contributed by atoms with Crippen LogP contribution in [-0.4, -0.2) is 19.6 Å². The molecule has 0 radical (unpaired) electrons. The Bertz CT molecular complexity index is 2680. The Kier molecular flexibility index (Phi) is 6.24. The number of hydrogen-bond acceptors (Lipinski definition) is 5. The van der Waals surface area contributed by atoms with Crippen LogP contribution in [0.15, 0.2) is 124 Å². The number of pyridine rings is 1. The first-order chi connectivity index (χ1) is 22.7. The normalized spacial score (nSPS) is 12.4. The molecule has 6 nitrogen and oxygen atoms in total. The number of phenolic OH excluding ortho intramolecular Hbond substituents is 1. The number of imidazole rings is 1. The number of furan rings is 2. The Morgan fingerprint density at radius 2 is 1.38 bits per heavy atom. The van der Waals surface area contributed by atoms with Crippen molar-refractivity contribution >= 4 is 43.9 Å². The van der Waals surface area contributed by atoms with Gasteiger partial charge in [-0.3, -0.25) is 4.98 Å². The molecular weight excluding hydrogens is 766 g/mol. The number of hydrogen-bond donors (Lipinski definition) is 1. The van der Waals surface area contributed by atoms with Crippen LogP contribution in [0, 0.1) is 6.07 Å². The largest absolute Gasteiger partial charge is 0.507 e. The number of rotatable bonds is 3. The van der Waals surface area contributed by atoms with Gasteiger partial charge >= 0.3 is 0 Å². The summed E-state index contributed by atoms with van der Waals surface area (Å²) < 4.78 is 14.4. The van der Waals surface area contributed by atoms with E-state index in [0.717, 1.165) is 108 Å². The van der Waals surface area contributed by atoms with E-state index >= 15 is 0 Å². The van der Waals surface area contributed by atoms with Gasteiger partial charge in [0.1, 0.15) is 22.5 Å².